The minimum Gasteiger partial charge on any atom is -0.388 e. The maximum absolute atomic E-state index is 6.03. The van der Waals surface area contributed by atoms with Crippen LogP contribution in [0.25, 0.3) is 0 Å². The number of hydrogen-bond acceptors (Lipinski definition) is 3. The maximum atomic E-state index is 6.03. The van der Waals surface area contributed by atoms with Gasteiger partial charge in [0.1, 0.15) is 4.99 Å². The summed E-state index contributed by atoms with van der Waals surface area (Å²) in [7, 11) is 0. The Morgan fingerprint density at radius 3 is 2.59 bits per heavy atom. The molecule has 0 saturated carbocycles. The molecule has 17 heavy (non-hydrogen) atoms. The molecule has 5 heteroatoms. The maximum Gasteiger partial charge on any atom is 0.122 e. The Kier molecular flexibility index (Phi) is 3.56. The van der Waals surface area contributed by atoms with Crippen LogP contribution < -0.4 is 11.1 Å². The van der Waals surface area contributed by atoms with Crippen molar-refractivity contribution in [2.45, 2.75) is 0 Å². The number of halogens is 1. The Balaban J connectivity index is 2.20. The van der Waals surface area contributed by atoms with E-state index < -0.39 is 0 Å². The van der Waals surface area contributed by atoms with Crippen LogP contribution in [0.5, 0.6) is 0 Å². The third-order valence-corrected chi connectivity index (χ3v) is 2.71. The van der Waals surface area contributed by atoms with Crippen molar-refractivity contribution in [3.05, 3.63) is 53.3 Å². The molecule has 0 radical (unpaired) electrons. The lowest BCUT2D eigenvalue weighted by atomic mass is 10.3. The number of nitrogens with zero attached hydrogens (tertiary/aromatic N) is 1. The van der Waals surface area contributed by atoms with Gasteiger partial charge in [0, 0.05) is 0 Å². The highest BCUT2D eigenvalue weighted by Gasteiger charge is 2.01. The molecule has 0 saturated heterocycles. The van der Waals surface area contributed by atoms with Gasteiger partial charge in [-0.15, -0.1) is 0 Å². The van der Waals surface area contributed by atoms with Crippen LogP contribution in [0.1, 0.15) is 5.69 Å². The number of aromatic nitrogens is 1. The zero-order valence-electron chi connectivity index (χ0n) is 8.85. The number of pyridine rings is 1. The Morgan fingerprint density at radius 2 is 2.00 bits per heavy atom. The van der Waals surface area contributed by atoms with Crippen LogP contribution >= 0.6 is 23.8 Å². The molecule has 0 aliphatic heterocycles. The molecule has 0 fully saturated rings. The van der Waals surface area contributed by atoms with Gasteiger partial charge in [-0.25, -0.2) is 0 Å². The monoisotopic (exact) mass is 263 g/mol. The van der Waals surface area contributed by atoms with Gasteiger partial charge in [0.2, 0.25) is 0 Å². The van der Waals surface area contributed by atoms with Gasteiger partial charge in [0.15, 0.2) is 0 Å². The zero-order chi connectivity index (χ0) is 12.3. The molecule has 0 amide bonds. The largest absolute Gasteiger partial charge is 0.388 e. The average Bonchev–Trinajstić information content (AvgIpc) is 2.33. The molecule has 3 N–H and O–H groups in total. The normalized spacial score (nSPS) is 9.94. The van der Waals surface area contributed by atoms with E-state index in [1.54, 1.807) is 12.3 Å². The Hall–Kier alpha value is -1.65. The van der Waals surface area contributed by atoms with E-state index in [-0.39, 0.29) is 4.99 Å². The fourth-order valence-electron chi connectivity index (χ4n) is 1.33. The summed E-state index contributed by atoms with van der Waals surface area (Å²) >= 11 is 10.9. The number of rotatable bonds is 3. The highest BCUT2D eigenvalue weighted by molar-refractivity contribution is 7.80. The second kappa shape index (κ2) is 5.12. The number of nitrogens with two attached hydrogens (primary N) is 1. The summed E-state index contributed by atoms with van der Waals surface area (Å²) in [5, 5.41) is 3.82. The first-order valence-electron chi connectivity index (χ1n) is 4.94. The summed E-state index contributed by atoms with van der Waals surface area (Å²) in [5.74, 6) is 0. The van der Waals surface area contributed by atoms with E-state index in [9.17, 15) is 0 Å². The number of thiocarbonyl (C=S) groups is 1. The average molecular weight is 264 g/mol. The van der Waals surface area contributed by atoms with Crippen molar-refractivity contribution in [1.29, 1.82) is 0 Å². The Labute approximate surface area is 110 Å². The van der Waals surface area contributed by atoms with Gasteiger partial charge >= 0.3 is 0 Å². The summed E-state index contributed by atoms with van der Waals surface area (Å²) in [5.41, 5.74) is 7.73. The molecule has 86 valence electrons. The Morgan fingerprint density at radius 1 is 1.24 bits per heavy atom. The molecular formula is C12H10ClN3S. The first kappa shape index (κ1) is 11.8. The molecule has 1 aromatic heterocycles. The molecule has 2 rings (SSSR count). The fraction of sp³-hybridized carbons (Fsp3) is 0. The van der Waals surface area contributed by atoms with Gasteiger partial charge in [0.05, 0.1) is 28.3 Å². The molecule has 0 atom stereocenters. The van der Waals surface area contributed by atoms with Gasteiger partial charge in [-0.2, -0.15) is 0 Å². The lowest BCUT2D eigenvalue weighted by Crippen LogP contribution is -2.11. The van der Waals surface area contributed by atoms with Gasteiger partial charge in [-0.1, -0.05) is 36.0 Å². The number of para-hydroxylation sites is 1. The second-order valence-electron chi connectivity index (χ2n) is 3.40. The standard InChI is InChI=1S/C12H10ClN3S/c13-9-3-1-2-4-10(9)16-8-5-6-11(12(14)17)15-7-8/h1-7,16H,(H2,14,17). The van der Waals surface area contributed by atoms with E-state index in [1.807, 2.05) is 30.3 Å². The van der Waals surface area contributed by atoms with Crippen LogP contribution in [0, 0.1) is 0 Å². The van der Waals surface area contributed by atoms with Crippen LogP contribution in [-0.2, 0) is 0 Å². The van der Waals surface area contributed by atoms with Crippen molar-refractivity contribution in [1.82, 2.24) is 4.98 Å². The smallest absolute Gasteiger partial charge is 0.122 e. The topological polar surface area (TPSA) is 50.9 Å². The van der Waals surface area contributed by atoms with Crippen molar-refractivity contribution < 1.29 is 0 Å². The van der Waals surface area contributed by atoms with Crippen molar-refractivity contribution in [3.63, 3.8) is 0 Å². The third kappa shape index (κ3) is 2.93. The molecule has 0 bridgehead atoms. The zero-order valence-corrected chi connectivity index (χ0v) is 10.4. The van der Waals surface area contributed by atoms with Gasteiger partial charge in [0.25, 0.3) is 0 Å². The first-order valence-corrected chi connectivity index (χ1v) is 5.73. The Bertz CT molecular complexity index is 540. The lowest BCUT2D eigenvalue weighted by molar-refractivity contribution is 1.29. The molecule has 0 aliphatic carbocycles. The van der Waals surface area contributed by atoms with Crippen LogP contribution in [0.2, 0.25) is 5.02 Å². The van der Waals surface area contributed by atoms with Crippen molar-refractivity contribution in [2.75, 3.05) is 5.32 Å². The summed E-state index contributed by atoms with van der Waals surface area (Å²) in [6, 6.07) is 11.1. The molecule has 0 unspecified atom stereocenters. The van der Waals surface area contributed by atoms with Crippen LogP contribution in [0.3, 0.4) is 0 Å². The van der Waals surface area contributed by atoms with E-state index in [4.69, 9.17) is 29.6 Å². The quantitative estimate of drug-likeness (QED) is 0.836. The number of benzene rings is 1. The van der Waals surface area contributed by atoms with E-state index in [0.717, 1.165) is 11.4 Å². The highest BCUT2D eigenvalue weighted by atomic mass is 35.5. The van der Waals surface area contributed by atoms with E-state index in [0.29, 0.717) is 10.7 Å². The van der Waals surface area contributed by atoms with Gasteiger partial charge < -0.3 is 11.1 Å². The molecule has 0 spiro atoms. The summed E-state index contributed by atoms with van der Waals surface area (Å²) in [6.45, 7) is 0. The fourth-order valence-corrected chi connectivity index (χ4v) is 1.64. The van der Waals surface area contributed by atoms with Gasteiger partial charge in [-0.05, 0) is 24.3 Å². The number of nitrogens with one attached hydrogen (secondary N) is 1. The molecular weight excluding hydrogens is 254 g/mol. The second-order valence-corrected chi connectivity index (χ2v) is 4.25. The van der Waals surface area contributed by atoms with Crippen molar-refractivity contribution >= 4 is 40.2 Å². The molecule has 1 aromatic carbocycles. The van der Waals surface area contributed by atoms with Crippen molar-refractivity contribution in [3.8, 4) is 0 Å². The van der Waals surface area contributed by atoms with Crippen LogP contribution in [0.4, 0.5) is 11.4 Å². The number of hydrogen-bond donors (Lipinski definition) is 2. The summed E-state index contributed by atoms with van der Waals surface area (Å²) < 4.78 is 0. The predicted molar refractivity (Wildman–Crippen MR) is 74.9 cm³/mol. The van der Waals surface area contributed by atoms with Crippen molar-refractivity contribution in [2.24, 2.45) is 5.73 Å². The third-order valence-electron chi connectivity index (χ3n) is 2.17. The first-order chi connectivity index (χ1) is 8.16. The van der Waals surface area contributed by atoms with E-state index in [2.05, 4.69) is 10.3 Å². The van der Waals surface area contributed by atoms with Crippen LogP contribution in [-0.4, -0.2) is 9.97 Å². The molecule has 3 nitrogen and oxygen atoms in total. The summed E-state index contributed by atoms with van der Waals surface area (Å²) in [4.78, 5) is 4.42. The van der Waals surface area contributed by atoms with E-state index in [1.165, 1.54) is 0 Å². The summed E-state index contributed by atoms with van der Waals surface area (Å²) in [6.07, 6.45) is 1.66. The minimum atomic E-state index is 0.286. The highest BCUT2D eigenvalue weighted by Crippen LogP contribution is 2.24. The lowest BCUT2D eigenvalue weighted by Gasteiger charge is -2.08. The molecule has 1 heterocycles. The van der Waals surface area contributed by atoms with E-state index >= 15 is 0 Å². The minimum absolute atomic E-state index is 0.286. The van der Waals surface area contributed by atoms with Gasteiger partial charge in [-0.3, -0.25) is 4.98 Å². The predicted octanol–water partition coefficient (Wildman–Crippen LogP) is 3.11. The number of anilines is 2. The SMILES string of the molecule is NC(=S)c1ccc(Nc2ccccc2Cl)cn1. The molecule has 0 aliphatic rings. The van der Waals surface area contributed by atoms with Crippen LogP contribution in [0.15, 0.2) is 42.6 Å². The molecule has 2 aromatic rings.